The lowest BCUT2D eigenvalue weighted by atomic mass is 10.2. The Morgan fingerprint density at radius 1 is 1.21 bits per heavy atom. The standard InChI is InChI=1S/C15H11F3N2O3S/c16-15(17,18)22-11-6-3-10(4-7-11)5-8-13(21)23-20-14(19)12-2-1-9-24-12/h1-9H,(H2,19,20)/b8-5+. The lowest BCUT2D eigenvalue weighted by Crippen LogP contribution is -2.16. The van der Waals surface area contributed by atoms with Crippen LogP contribution in [0.5, 0.6) is 5.75 Å². The maximum absolute atomic E-state index is 12.0. The second kappa shape index (κ2) is 7.64. The van der Waals surface area contributed by atoms with Crippen molar-refractivity contribution in [1.82, 2.24) is 0 Å². The molecule has 0 aliphatic heterocycles. The first-order chi connectivity index (χ1) is 11.3. The third-order valence-electron chi connectivity index (χ3n) is 2.53. The Bertz CT molecular complexity index is 738. The molecule has 5 nitrogen and oxygen atoms in total. The smallest absolute Gasteiger partial charge is 0.406 e. The molecular formula is C15H11F3N2O3S. The molecule has 9 heteroatoms. The summed E-state index contributed by atoms with van der Waals surface area (Å²) in [6.45, 7) is 0. The zero-order chi connectivity index (χ0) is 17.6. The first-order valence-corrected chi connectivity index (χ1v) is 7.34. The van der Waals surface area contributed by atoms with Crippen LogP contribution in [-0.4, -0.2) is 18.2 Å². The van der Waals surface area contributed by atoms with E-state index in [-0.39, 0.29) is 11.6 Å². The summed E-state index contributed by atoms with van der Waals surface area (Å²) in [6.07, 6.45) is -2.32. The van der Waals surface area contributed by atoms with Crippen LogP contribution >= 0.6 is 11.3 Å². The molecule has 0 spiro atoms. The molecule has 0 saturated carbocycles. The van der Waals surface area contributed by atoms with Crippen molar-refractivity contribution in [3.63, 3.8) is 0 Å². The minimum Gasteiger partial charge on any atom is -0.406 e. The number of rotatable bonds is 5. The molecule has 0 aliphatic rings. The van der Waals surface area contributed by atoms with Crippen molar-refractivity contribution < 1.29 is 27.5 Å². The van der Waals surface area contributed by atoms with E-state index < -0.39 is 12.3 Å². The van der Waals surface area contributed by atoms with Crippen LogP contribution in [0, 0.1) is 0 Å². The molecule has 0 saturated heterocycles. The summed E-state index contributed by atoms with van der Waals surface area (Å²) in [5, 5.41) is 5.29. The van der Waals surface area contributed by atoms with Gasteiger partial charge in [0.25, 0.3) is 0 Å². The maximum atomic E-state index is 12.0. The van der Waals surface area contributed by atoms with Crippen molar-refractivity contribution in [3.05, 3.63) is 58.3 Å². The zero-order valence-corrected chi connectivity index (χ0v) is 12.8. The van der Waals surface area contributed by atoms with Crippen LogP contribution < -0.4 is 10.5 Å². The van der Waals surface area contributed by atoms with Crippen molar-refractivity contribution in [3.8, 4) is 5.75 Å². The second-order valence-corrected chi connectivity index (χ2v) is 5.26. The Kier molecular flexibility index (Phi) is 5.59. The van der Waals surface area contributed by atoms with Crippen LogP contribution in [0.2, 0.25) is 0 Å². The minimum atomic E-state index is -4.75. The van der Waals surface area contributed by atoms with Gasteiger partial charge in [-0.2, -0.15) is 0 Å². The molecule has 126 valence electrons. The summed E-state index contributed by atoms with van der Waals surface area (Å²) in [5.41, 5.74) is 6.10. The SMILES string of the molecule is N/C(=N/OC(=O)/C=C/c1ccc(OC(F)(F)F)cc1)c1cccs1. The summed E-state index contributed by atoms with van der Waals surface area (Å²) >= 11 is 1.34. The zero-order valence-electron chi connectivity index (χ0n) is 12.0. The molecule has 0 atom stereocenters. The lowest BCUT2D eigenvalue weighted by molar-refractivity contribution is -0.274. The fourth-order valence-corrected chi connectivity index (χ4v) is 2.16. The van der Waals surface area contributed by atoms with E-state index in [0.717, 1.165) is 18.2 Å². The summed E-state index contributed by atoms with van der Waals surface area (Å²) in [5.74, 6) is -1.05. The molecule has 2 aromatic rings. The molecule has 0 aliphatic carbocycles. The predicted octanol–water partition coefficient (Wildman–Crippen LogP) is 3.52. The van der Waals surface area contributed by atoms with Gasteiger partial charge in [0.1, 0.15) is 5.75 Å². The quantitative estimate of drug-likeness (QED) is 0.292. The van der Waals surface area contributed by atoms with E-state index in [1.165, 1.54) is 29.5 Å². The predicted molar refractivity (Wildman–Crippen MR) is 83.3 cm³/mol. The highest BCUT2D eigenvalue weighted by atomic mass is 32.1. The monoisotopic (exact) mass is 356 g/mol. The van der Waals surface area contributed by atoms with Gasteiger partial charge in [-0.1, -0.05) is 23.4 Å². The Morgan fingerprint density at radius 3 is 2.50 bits per heavy atom. The number of hydrogen-bond acceptors (Lipinski definition) is 5. The molecule has 0 fully saturated rings. The Balaban J connectivity index is 1.90. The molecule has 0 unspecified atom stereocenters. The fraction of sp³-hybridized carbons (Fsp3) is 0.0667. The number of hydrogen-bond donors (Lipinski definition) is 1. The Labute approximate surface area is 138 Å². The van der Waals surface area contributed by atoms with Crippen LogP contribution in [0.1, 0.15) is 10.4 Å². The van der Waals surface area contributed by atoms with Gasteiger partial charge in [-0.3, -0.25) is 0 Å². The molecule has 0 bridgehead atoms. The highest BCUT2D eigenvalue weighted by molar-refractivity contribution is 7.12. The number of thiophene rings is 1. The van der Waals surface area contributed by atoms with Crippen LogP contribution in [0.4, 0.5) is 13.2 Å². The fourth-order valence-electron chi connectivity index (χ4n) is 1.54. The van der Waals surface area contributed by atoms with Crippen LogP contribution in [0.3, 0.4) is 0 Å². The van der Waals surface area contributed by atoms with Crippen LogP contribution in [0.25, 0.3) is 6.08 Å². The van der Waals surface area contributed by atoms with E-state index in [0.29, 0.717) is 10.4 Å². The first kappa shape index (κ1) is 17.5. The number of amidine groups is 1. The van der Waals surface area contributed by atoms with Gasteiger partial charge in [0.05, 0.1) is 4.88 Å². The molecule has 2 rings (SSSR count). The topological polar surface area (TPSA) is 73.9 Å². The van der Waals surface area contributed by atoms with Gasteiger partial charge in [0.15, 0.2) is 5.84 Å². The van der Waals surface area contributed by atoms with Crippen molar-refractivity contribution in [2.24, 2.45) is 10.9 Å². The molecule has 1 heterocycles. The van der Waals surface area contributed by atoms with Crippen molar-refractivity contribution >= 4 is 29.2 Å². The van der Waals surface area contributed by atoms with Gasteiger partial charge >= 0.3 is 12.3 Å². The third kappa shape index (κ3) is 5.76. The largest absolute Gasteiger partial charge is 0.573 e. The van der Waals surface area contributed by atoms with E-state index in [2.05, 4.69) is 14.7 Å². The third-order valence-corrected chi connectivity index (χ3v) is 3.43. The number of ether oxygens (including phenoxy) is 1. The van der Waals surface area contributed by atoms with E-state index in [1.807, 2.05) is 0 Å². The van der Waals surface area contributed by atoms with Gasteiger partial charge in [0, 0.05) is 6.08 Å². The minimum absolute atomic E-state index is 0.0698. The first-order valence-electron chi connectivity index (χ1n) is 6.46. The maximum Gasteiger partial charge on any atom is 0.573 e. The van der Waals surface area contributed by atoms with Gasteiger partial charge < -0.3 is 15.3 Å². The van der Waals surface area contributed by atoms with E-state index >= 15 is 0 Å². The molecule has 0 amide bonds. The van der Waals surface area contributed by atoms with Crippen molar-refractivity contribution in [2.45, 2.75) is 6.36 Å². The van der Waals surface area contributed by atoms with E-state index in [1.54, 1.807) is 17.5 Å². The number of carbonyl (C=O) groups excluding carboxylic acids is 1. The average molecular weight is 356 g/mol. The number of carbonyl (C=O) groups is 1. The average Bonchev–Trinajstić information content (AvgIpc) is 3.05. The molecule has 1 aromatic carbocycles. The Hall–Kier alpha value is -2.81. The highest BCUT2D eigenvalue weighted by Crippen LogP contribution is 2.22. The van der Waals surface area contributed by atoms with E-state index in [4.69, 9.17) is 5.73 Å². The molecule has 24 heavy (non-hydrogen) atoms. The molecule has 2 N–H and O–H groups in total. The number of oxime groups is 1. The summed E-state index contributed by atoms with van der Waals surface area (Å²) < 4.78 is 39.8. The Morgan fingerprint density at radius 2 is 1.92 bits per heavy atom. The summed E-state index contributed by atoms with van der Waals surface area (Å²) in [6, 6.07) is 8.47. The van der Waals surface area contributed by atoms with Crippen molar-refractivity contribution in [2.75, 3.05) is 0 Å². The van der Waals surface area contributed by atoms with Crippen LogP contribution in [-0.2, 0) is 9.63 Å². The van der Waals surface area contributed by atoms with Gasteiger partial charge in [0.2, 0.25) is 0 Å². The second-order valence-electron chi connectivity index (χ2n) is 4.31. The normalized spacial score (nSPS) is 12.4. The number of nitrogens with zero attached hydrogens (tertiary/aromatic N) is 1. The highest BCUT2D eigenvalue weighted by Gasteiger charge is 2.30. The lowest BCUT2D eigenvalue weighted by Gasteiger charge is -2.08. The summed E-state index contributed by atoms with van der Waals surface area (Å²) in [4.78, 5) is 16.8. The number of alkyl halides is 3. The van der Waals surface area contributed by atoms with Gasteiger partial charge in [-0.25, -0.2) is 4.79 Å². The van der Waals surface area contributed by atoms with Gasteiger partial charge in [-0.15, -0.1) is 24.5 Å². The number of benzene rings is 1. The van der Waals surface area contributed by atoms with Crippen LogP contribution in [0.15, 0.2) is 53.0 Å². The number of nitrogens with two attached hydrogens (primary N) is 1. The van der Waals surface area contributed by atoms with E-state index in [9.17, 15) is 18.0 Å². The molecule has 1 aromatic heterocycles. The molecular weight excluding hydrogens is 345 g/mol. The van der Waals surface area contributed by atoms with Gasteiger partial charge in [-0.05, 0) is 35.2 Å². The molecule has 0 radical (unpaired) electrons. The summed E-state index contributed by atoms with van der Waals surface area (Å²) in [7, 11) is 0. The van der Waals surface area contributed by atoms with Crippen molar-refractivity contribution in [1.29, 1.82) is 0 Å². The number of halogens is 3.